The first-order valence-electron chi connectivity index (χ1n) is 9.71. The highest BCUT2D eigenvalue weighted by Crippen LogP contribution is 2.31. The number of carboxylic acid groups (broad SMARTS) is 1. The normalized spacial score (nSPS) is 11.1. The molecule has 1 N–H and O–H groups in total. The summed E-state index contributed by atoms with van der Waals surface area (Å²) in [6, 6.07) is 13.0. The molecule has 0 amide bonds. The first-order chi connectivity index (χ1) is 14.3. The molecule has 0 saturated heterocycles. The van der Waals surface area contributed by atoms with Crippen molar-refractivity contribution >= 4 is 5.97 Å². The van der Waals surface area contributed by atoms with Gasteiger partial charge in [0.15, 0.2) is 0 Å². The molecule has 6 nitrogen and oxygen atoms in total. The van der Waals surface area contributed by atoms with Crippen molar-refractivity contribution in [3.05, 3.63) is 76.1 Å². The molecule has 4 rings (SSSR count). The number of benzene rings is 2. The van der Waals surface area contributed by atoms with Crippen LogP contribution in [0.3, 0.4) is 0 Å². The Morgan fingerprint density at radius 2 is 1.53 bits per heavy atom. The minimum absolute atomic E-state index is 0.214. The number of aromatic nitrogens is 3. The summed E-state index contributed by atoms with van der Waals surface area (Å²) in [6.07, 6.45) is 0. The zero-order chi connectivity index (χ0) is 21.6. The Bertz CT molecular complexity index is 1260. The molecule has 2 heterocycles. The third-order valence-electron chi connectivity index (χ3n) is 5.70. The molecule has 0 aliphatic rings. The van der Waals surface area contributed by atoms with Crippen LogP contribution in [0.15, 0.2) is 46.9 Å². The van der Waals surface area contributed by atoms with E-state index in [9.17, 15) is 9.90 Å². The van der Waals surface area contributed by atoms with Crippen molar-refractivity contribution in [2.45, 2.75) is 34.6 Å². The van der Waals surface area contributed by atoms with Crippen LogP contribution in [0.4, 0.5) is 0 Å². The Balaban J connectivity index is 1.83. The van der Waals surface area contributed by atoms with Gasteiger partial charge in [0.25, 0.3) is 0 Å². The zero-order valence-corrected chi connectivity index (χ0v) is 17.6. The van der Waals surface area contributed by atoms with Crippen molar-refractivity contribution in [2.24, 2.45) is 0 Å². The Labute approximate surface area is 174 Å². The molecule has 152 valence electrons. The Morgan fingerprint density at radius 3 is 2.20 bits per heavy atom. The summed E-state index contributed by atoms with van der Waals surface area (Å²) in [7, 11) is 0. The van der Waals surface area contributed by atoms with Gasteiger partial charge in [-0.05, 0) is 87.7 Å². The van der Waals surface area contributed by atoms with Crippen LogP contribution in [0.25, 0.3) is 28.6 Å². The van der Waals surface area contributed by atoms with Crippen LogP contribution in [0.5, 0.6) is 0 Å². The molecule has 2 aromatic carbocycles. The van der Waals surface area contributed by atoms with Crippen LogP contribution in [-0.4, -0.2) is 25.8 Å². The maximum atomic E-state index is 11.8. The van der Waals surface area contributed by atoms with Crippen molar-refractivity contribution < 1.29 is 14.3 Å². The second-order valence-corrected chi connectivity index (χ2v) is 7.58. The standard InChI is InChI=1S/C24H23N3O3/c1-13-6-10-19(17(5)16(13)4)23-26-25-22(30-23)18-9-11-20(24(28)29)21(12-18)27-14(2)7-8-15(27)3/h6-12H,1-5H3,(H,28,29). The fourth-order valence-corrected chi connectivity index (χ4v) is 3.72. The van der Waals surface area contributed by atoms with E-state index in [-0.39, 0.29) is 5.56 Å². The van der Waals surface area contributed by atoms with E-state index in [0.29, 0.717) is 23.0 Å². The van der Waals surface area contributed by atoms with Gasteiger partial charge in [-0.2, -0.15) is 0 Å². The van der Waals surface area contributed by atoms with Crippen LogP contribution in [0.2, 0.25) is 0 Å². The number of nitrogens with zero attached hydrogens (tertiary/aromatic N) is 3. The number of aryl methyl sites for hydroxylation is 3. The largest absolute Gasteiger partial charge is 0.478 e. The lowest BCUT2D eigenvalue weighted by atomic mass is 9.99. The number of carboxylic acids is 1. The van der Waals surface area contributed by atoms with Crippen molar-refractivity contribution in [3.63, 3.8) is 0 Å². The summed E-state index contributed by atoms with van der Waals surface area (Å²) in [4.78, 5) is 11.8. The van der Waals surface area contributed by atoms with Crippen LogP contribution in [-0.2, 0) is 0 Å². The molecule has 6 heteroatoms. The van der Waals surface area contributed by atoms with Crippen LogP contribution in [0, 0.1) is 34.6 Å². The fraction of sp³-hybridized carbons (Fsp3) is 0.208. The summed E-state index contributed by atoms with van der Waals surface area (Å²) < 4.78 is 7.90. The van der Waals surface area contributed by atoms with Crippen molar-refractivity contribution in [3.8, 4) is 28.6 Å². The van der Waals surface area contributed by atoms with Crippen molar-refractivity contribution in [1.82, 2.24) is 14.8 Å². The van der Waals surface area contributed by atoms with Gasteiger partial charge in [-0.1, -0.05) is 6.07 Å². The number of hydrogen-bond donors (Lipinski definition) is 1. The molecule has 0 unspecified atom stereocenters. The molecule has 0 aliphatic carbocycles. The van der Waals surface area contributed by atoms with E-state index in [4.69, 9.17) is 4.42 Å². The van der Waals surface area contributed by atoms with Crippen LogP contribution >= 0.6 is 0 Å². The van der Waals surface area contributed by atoms with Gasteiger partial charge in [0.2, 0.25) is 11.8 Å². The number of hydrogen-bond acceptors (Lipinski definition) is 4. The number of aromatic carboxylic acids is 1. The van der Waals surface area contributed by atoms with Gasteiger partial charge in [-0.15, -0.1) is 10.2 Å². The minimum atomic E-state index is -0.985. The zero-order valence-electron chi connectivity index (χ0n) is 17.6. The number of carbonyl (C=O) groups is 1. The summed E-state index contributed by atoms with van der Waals surface area (Å²) in [6.45, 7) is 10.1. The summed E-state index contributed by atoms with van der Waals surface area (Å²) in [5.74, 6) is -0.188. The molecular formula is C24H23N3O3. The van der Waals surface area contributed by atoms with Crippen molar-refractivity contribution in [1.29, 1.82) is 0 Å². The van der Waals surface area contributed by atoms with Gasteiger partial charge in [-0.25, -0.2) is 4.79 Å². The molecule has 0 atom stereocenters. The maximum absolute atomic E-state index is 11.8. The molecule has 0 radical (unpaired) electrons. The second-order valence-electron chi connectivity index (χ2n) is 7.58. The molecule has 0 bridgehead atoms. The average Bonchev–Trinajstić information content (AvgIpc) is 3.32. The predicted molar refractivity (Wildman–Crippen MR) is 115 cm³/mol. The lowest BCUT2D eigenvalue weighted by Crippen LogP contribution is -2.08. The summed E-state index contributed by atoms with van der Waals surface area (Å²) in [5, 5.41) is 18.1. The molecule has 0 spiro atoms. The smallest absolute Gasteiger partial charge is 0.337 e. The quantitative estimate of drug-likeness (QED) is 0.493. The first kappa shape index (κ1) is 19.6. The van der Waals surface area contributed by atoms with Crippen molar-refractivity contribution in [2.75, 3.05) is 0 Å². The topological polar surface area (TPSA) is 81.1 Å². The third-order valence-corrected chi connectivity index (χ3v) is 5.70. The maximum Gasteiger partial charge on any atom is 0.337 e. The van der Waals surface area contributed by atoms with E-state index in [2.05, 4.69) is 24.0 Å². The minimum Gasteiger partial charge on any atom is -0.478 e. The molecule has 0 fully saturated rings. The van der Waals surface area contributed by atoms with E-state index in [1.54, 1.807) is 18.2 Å². The SMILES string of the molecule is Cc1ccc(-c2nnc(-c3ccc(C(=O)O)c(-n4c(C)ccc4C)c3)o2)c(C)c1C. The predicted octanol–water partition coefficient (Wildman–Crippen LogP) is 5.43. The molecule has 0 saturated carbocycles. The lowest BCUT2D eigenvalue weighted by Gasteiger charge is -2.13. The van der Waals surface area contributed by atoms with E-state index in [0.717, 1.165) is 22.5 Å². The molecule has 4 aromatic rings. The highest BCUT2D eigenvalue weighted by Gasteiger charge is 2.19. The fourth-order valence-electron chi connectivity index (χ4n) is 3.72. The van der Waals surface area contributed by atoms with Gasteiger partial charge in [-0.3, -0.25) is 0 Å². The third kappa shape index (κ3) is 3.20. The van der Waals surface area contributed by atoms with Gasteiger partial charge in [0.05, 0.1) is 11.3 Å². The average molecular weight is 401 g/mol. The van der Waals surface area contributed by atoms with E-state index < -0.39 is 5.97 Å². The Kier molecular flexibility index (Phi) is 4.78. The molecule has 30 heavy (non-hydrogen) atoms. The van der Waals surface area contributed by atoms with Crippen LogP contribution in [0.1, 0.15) is 38.4 Å². The van der Waals surface area contributed by atoms with E-state index >= 15 is 0 Å². The second kappa shape index (κ2) is 7.30. The van der Waals surface area contributed by atoms with Gasteiger partial charge in [0, 0.05) is 22.5 Å². The van der Waals surface area contributed by atoms with E-state index in [1.807, 2.05) is 49.6 Å². The summed E-state index contributed by atoms with van der Waals surface area (Å²) >= 11 is 0. The highest BCUT2D eigenvalue weighted by atomic mass is 16.4. The van der Waals surface area contributed by atoms with Gasteiger partial charge < -0.3 is 14.1 Å². The Hall–Kier alpha value is -3.67. The van der Waals surface area contributed by atoms with E-state index in [1.165, 1.54) is 11.1 Å². The van der Waals surface area contributed by atoms with Gasteiger partial charge in [0.1, 0.15) is 0 Å². The lowest BCUT2D eigenvalue weighted by molar-refractivity contribution is 0.0697. The Morgan fingerprint density at radius 1 is 0.867 bits per heavy atom. The summed E-state index contributed by atoms with van der Waals surface area (Å²) in [5.41, 5.74) is 7.76. The van der Waals surface area contributed by atoms with Crippen LogP contribution < -0.4 is 0 Å². The molecular weight excluding hydrogens is 378 g/mol. The monoisotopic (exact) mass is 401 g/mol. The highest BCUT2D eigenvalue weighted by molar-refractivity contribution is 5.93. The molecule has 2 aromatic heterocycles. The number of rotatable bonds is 4. The molecule has 0 aliphatic heterocycles. The first-order valence-corrected chi connectivity index (χ1v) is 9.71. The van der Waals surface area contributed by atoms with Gasteiger partial charge >= 0.3 is 5.97 Å².